The molecule has 0 radical (unpaired) electrons. The molecule has 2 aliphatic rings. The number of hydrogen-bond acceptors (Lipinski definition) is 1. The second-order valence-corrected chi connectivity index (χ2v) is 5.56. The van der Waals surface area contributed by atoms with Crippen LogP contribution in [0.4, 0.5) is 4.39 Å². The summed E-state index contributed by atoms with van der Waals surface area (Å²) >= 11 is 0. The molecule has 0 aromatic heterocycles. The fraction of sp³-hybridized carbons (Fsp3) is 0.857. The molecule has 0 heterocycles. The minimum absolute atomic E-state index is 0.0398. The molecule has 2 saturated carbocycles. The highest BCUT2D eigenvalue weighted by Gasteiger charge is 2.29. The summed E-state index contributed by atoms with van der Waals surface area (Å²) < 4.78 is 12.1. The molecule has 92 valence electrons. The van der Waals surface area contributed by atoms with Crippen molar-refractivity contribution in [2.75, 3.05) is 0 Å². The summed E-state index contributed by atoms with van der Waals surface area (Å²) in [4.78, 5) is 0. The average Bonchev–Trinajstić information content (AvgIpc) is 2.32. The molecular formula is C14H23FO. The van der Waals surface area contributed by atoms with E-state index < -0.39 is 0 Å². The first-order valence-corrected chi connectivity index (χ1v) is 6.74. The highest BCUT2D eigenvalue weighted by Crippen LogP contribution is 2.40. The Kier molecular flexibility index (Phi) is 4.39. The molecule has 2 aliphatic carbocycles. The van der Waals surface area contributed by atoms with E-state index in [1.54, 1.807) is 6.08 Å². The quantitative estimate of drug-likeness (QED) is 0.758. The molecule has 2 heteroatoms. The highest BCUT2D eigenvalue weighted by atomic mass is 19.1. The number of halogens is 1. The Hall–Kier alpha value is -0.370. The van der Waals surface area contributed by atoms with E-state index in [4.69, 9.17) is 0 Å². The van der Waals surface area contributed by atoms with E-state index in [0.717, 1.165) is 37.5 Å². The Morgan fingerprint density at radius 2 is 1.31 bits per heavy atom. The zero-order valence-electron chi connectivity index (χ0n) is 9.95. The molecule has 2 rings (SSSR count). The van der Waals surface area contributed by atoms with Gasteiger partial charge >= 0.3 is 0 Å². The molecule has 0 aromatic carbocycles. The van der Waals surface area contributed by atoms with E-state index in [1.807, 2.05) is 0 Å². The van der Waals surface area contributed by atoms with Crippen molar-refractivity contribution in [1.82, 2.24) is 0 Å². The van der Waals surface area contributed by atoms with Gasteiger partial charge in [0.2, 0.25) is 0 Å². The van der Waals surface area contributed by atoms with E-state index in [-0.39, 0.29) is 6.10 Å². The molecule has 0 aromatic rings. The number of hydrogen-bond donors (Lipinski definition) is 1. The van der Waals surface area contributed by atoms with Crippen LogP contribution in [-0.2, 0) is 0 Å². The molecule has 0 aliphatic heterocycles. The van der Waals surface area contributed by atoms with Crippen molar-refractivity contribution in [1.29, 1.82) is 0 Å². The third-order valence-corrected chi connectivity index (χ3v) is 4.57. The SMILES string of the molecule is OC1CCC(C2CCC(C=CF)CC2)CC1. The molecule has 1 nitrogen and oxygen atoms in total. The minimum atomic E-state index is -0.0398. The molecule has 0 saturated heterocycles. The molecule has 0 amide bonds. The summed E-state index contributed by atoms with van der Waals surface area (Å²) in [5.41, 5.74) is 0. The number of aliphatic hydroxyl groups is 1. The van der Waals surface area contributed by atoms with Gasteiger partial charge in [-0.3, -0.25) is 0 Å². The van der Waals surface area contributed by atoms with E-state index in [2.05, 4.69) is 0 Å². The van der Waals surface area contributed by atoms with Crippen molar-refractivity contribution >= 4 is 0 Å². The van der Waals surface area contributed by atoms with Crippen molar-refractivity contribution in [3.63, 3.8) is 0 Å². The normalized spacial score (nSPS) is 41.4. The smallest absolute Gasteiger partial charge is 0.0829 e. The van der Waals surface area contributed by atoms with Gasteiger partial charge in [0.25, 0.3) is 0 Å². The molecule has 0 bridgehead atoms. The molecule has 0 atom stereocenters. The lowest BCUT2D eigenvalue weighted by Gasteiger charge is -2.36. The van der Waals surface area contributed by atoms with E-state index >= 15 is 0 Å². The van der Waals surface area contributed by atoms with Crippen LogP contribution in [0.25, 0.3) is 0 Å². The average molecular weight is 226 g/mol. The molecule has 0 spiro atoms. The summed E-state index contributed by atoms with van der Waals surface area (Å²) in [5, 5.41) is 9.49. The van der Waals surface area contributed by atoms with Crippen LogP contribution in [0.2, 0.25) is 0 Å². The lowest BCUT2D eigenvalue weighted by molar-refractivity contribution is 0.0793. The van der Waals surface area contributed by atoms with Gasteiger partial charge in [-0.25, -0.2) is 4.39 Å². The number of allylic oxidation sites excluding steroid dienone is 1. The standard InChI is InChI=1S/C14H23FO/c15-10-9-11-1-3-12(4-2-11)13-5-7-14(16)8-6-13/h9-14,16H,1-8H2. The summed E-state index contributed by atoms with van der Waals surface area (Å²) in [5.74, 6) is 2.16. The Balaban J connectivity index is 1.76. The molecular weight excluding hydrogens is 203 g/mol. The first-order valence-electron chi connectivity index (χ1n) is 6.74. The molecule has 1 N–H and O–H groups in total. The first kappa shape index (κ1) is 12.1. The molecule has 0 unspecified atom stereocenters. The lowest BCUT2D eigenvalue weighted by atomic mass is 9.70. The van der Waals surface area contributed by atoms with Crippen LogP contribution in [0, 0.1) is 17.8 Å². The highest BCUT2D eigenvalue weighted by molar-refractivity contribution is 4.89. The second-order valence-electron chi connectivity index (χ2n) is 5.56. The minimum Gasteiger partial charge on any atom is -0.393 e. The van der Waals surface area contributed by atoms with Gasteiger partial charge in [0.1, 0.15) is 0 Å². The Labute approximate surface area is 97.7 Å². The van der Waals surface area contributed by atoms with Crippen molar-refractivity contribution in [3.8, 4) is 0 Å². The third-order valence-electron chi connectivity index (χ3n) is 4.57. The molecule has 16 heavy (non-hydrogen) atoms. The van der Waals surface area contributed by atoms with Gasteiger partial charge in [-0.2, -0.15) is 0 Å². The Bertz CT molecular complexity index is 223. The van der Waals surface area contributed by atoms with Crippen LogP contribution in [0.1, 0.15) is 51.4 Å². The zero-order chi connectivity index (χ0) is 11.4. The Morgan fingerprint density at radius 1 is 0.812 bits per heavy atom. The van der Waals surface area contributed by atoms with Crippen LogP contribution in [0.3, 0.4) is 0 Å². The largest absolute Gasteiger partial charge is 0.393 e. The maximum absolute atomic E-state index is 12.1. The number of aliphatic hydroxyl groups excluding tert-OH is 1. The van der Waals surface area contributed by atoms with Gasteiger partial charge in [-0.15, -0.1) is 0 Å². The van der Waals surface area contributed by atoms with E-state index in [9.17, 15) is 9.50 Å². The van der Waals surface area contributed by atoms with Gasteiger partial charge in [0, 0.05) is 0 Å². The predicted molar refractivity (Wildman–Crippen MR) is 63.7 cm³/mol. The van der Waals surface area contributed by atoms with Crippen molar-refractivity contribution in [2.45, 2.75) is 57.5 Å². The van der Waals surface area contributed by atoms with Crippen LogP contribution in [0.15, 0.2) is 12.4 Å². The van der Waals surface area contributed by atoms with E-state index in [0.29, 0.717) is 12.2 Å². The summed E-state index contributed by atoms with van der Waals surface area (Å²) in [6.07, 6.45) is 11.6. The summed E-state index contributed by atoms with van der Waals surface area (Å²) in [6.45, 7) is 0. The lowest BCUT2D eigenvalue weighted by Crippen LogP contribution is -2.27. The van der Waals surface area contributed by atoms with Gasteiger partial charge in [0.15, 0.2) is 0 Å². The van der Waals surface area contributed by atoms with Crippen LogP contribution in [-0.4, -0.2) is 11.2 Å². The second kappa shape index (κ2) is 5.81. The summed E-state index contributed by atoms with van der Waals surface area (Å²) in [7, 11) is 0. The van der Waals surface area contributed by atoms with Gasteiger partial charge < -0.3 is 5.11 Å². The first-order chi connectivity index (χ1) is 7.79. The topological polar surface area (TPSA) is 20.2 Å². The van der Waals surface area contributed by atoms with Crippen LogP contribution >= 0.6 is 0 Å². The van der Waals surface area contributed by atoms with Crippen molar-refractivity contribution in [3.05, 3.63) is 12.4 Å². The van der Waals surface area contributed by atoms with Crippen LogP contribution in [0.5, 0.6) is 0 Å². The van der Waals surface area contributed by atoms with Gasteiger partial charge in [-0.1, -0.05) is 6.08 Å². The molecule has 2 fully saturated rings. The maximum atomic E-state index is 12.1. The third kappa shape index (κ3) is 3.07. The zero-order valence-corrected chi connectivity index (χ0v) is 9.95. The Morgan fingerprint density at radius 3 is 1.81 bits per heavy atom. The van der Waals surface area contributed by atoms with E-state index in [1.165, 1.54) is 25.7 Å². The predicted octanol–water partition coefficient (Wildman–Crippen LogP) is 3.83. The van der Waals surface area contributed by atoms with Crippen LogP contribution < -0.4 is 0 Å². The van der Waals surface area contributed by atoms with Crippen molar-refractivity contribution < 1.29 is 9.50 Å². The maximum Gasteiger partial charge on any atom is 0.0829 e. The fourth-order valence-corrected chi connectivity index (χ4v) is 3.48. The van der Waals surface area contributed by atoms with Gasteiger partial charge in [-0.05, 0) is 69.1 Å². The number of rotatable bonds is 2. The van der Waals surface area contributed by atoms with Crippen molar-refractivity contribution in [2.24, 2.45) is 17.8 Å². The fourth-order valence-electron chi connectivity index (χ4n) is 3.48. The summed E-state index contributed by atoms with van der Waals surface area (Å²) in [6, 6.07) is 0. The monoisotopic (exact) mass is 226 g/mol. The van der Waals surface area contributed by atoms with Gasteiger partial charge in [0.05, 0.1) is 12.4 Å².